The van der Waals surface area contributed by atoms with Crippen LogP contribution in [0, 0.1) is 0 Å². The predicted molar refractivity (Wildman–Crippen MR) is 55.7 cm³/mol. The van der Waals surface area contributed by atoms with Gasteiger partial charge in [0.05, 0.1) is 0 Å². The third kappa shape index (κ3) is 1.97. The van der Waals surface area contributed by atoms with Crippen LogP contribution in [-0.4, -0.2) is 23.1 Å². The number of fused-ring (bicyclic) bond motifs is 2. The summed E-state index contributed by atoms with van der Waals surface area (Å²) in [6.07, 6.45) is 7.11. The quantitative estimate of drug-likeness (QED) is 0.724. The van der Waals surface area contributed by atoms with Crippen LogP contribution in [0.5, 0.6) is 0 Å². The molecule has 0 aromatic heterocycles. The van der Waals surface area contributed by atoms with Crippen molar-refractivity contribution in [2.24, 2.45) is 0 Å². The van der Waals surface area contributed by atoms with Gasteiger partial charge in [-0.2, -0.15) is 11.8 Å². The SMILES string of the molecule is CCCNC1CC2CCC(C1)S2. The van der Waals surface area contributed by atoms with E-state index in [1.165, 1.54) is 38.6 Å². The van der Waals surface area contributed by atoms with E-state index in [4.69, 9.17) is 0 Å². The summed E-state index contributed by atoms with van der Waals surface area (Å²) in [7, 11) is 0. The normalized spacial score (nSPS) is 40.2. The third-order valence-electron chi connectivity index (χ3n) is 2.97. The summed E-state index contributed by atoms with van der Waals surface area (Å²) in [6.45, 7) is 3.47. The highest BCUT2D eigenvalue weighted by Gasteiger charge is 2.34. The first-order chi connectivity index (χ1) is 5.88. The summed E-state index contributed by atoms with van der Waals surface area (Å²) in [5.74, 6) is 0. The molecule has 0 aromatic carbocycles. The average molecular weight is 185 g/mol. The van der Waals surface area contributed by atoms with Crippen LogP contribution in [0.15, 0.2) is 0 Å². The Morgan fingerprint density at radius 3 is 2.50 bits per heavy atom. The van der Waals surface area contributed by atoms with Gasteiger partial charge in [-0.05, 0) is 38.6 Å². The Morgan fingerprint density at radius 2 is 1.92 bits per heavy atom. The van der Waals surface area contributed by atoms with Crippen LogP contribution in [0.1, 0.15) is 39.0 Å². The minimum absolute atomic E-state index is 0.851. The second-order valence-electron chi connectivity index (χ2n) is 4.08. The second-order valence-corrected chi connectivity index (χ2v) is 5.69. The van der Waals surface area contributed by atoms with E-state index < -0.39 is 0 Å². The van der Waals surface area contributed by atoms with E-state index >= 15 is 0 Å². The monoisotopic (exact) mass is 185 g/mol. The maximum absolute atomic E-state index is 3.66. The van der Waals surface area contributed by atoms with Crippen molar-refractivity contribution in [1.29, 1.82) is 0 Å². The number of nitrogens with one attached hydrogen (secondary N) is 1. The van der Waals surface area contributed by atoms with Crippen molar-refractivity contribution in [3.63, 3.8) is 0 Å². The highest BCUT2D eigenvalue weighted by atomic mass is 32.2. The van der Waals surface area contributed by atoms with Gasteiger partial charge in [0.25, 0.3) is 0 Å². The molecule has 2 aliphatic heterocycles. The summed E-state index contributed by atoms with van der Waals surface area (Å²) in [5, 5.41) is 5.66. The predicted octanol–water partition coefficient (Wildman–Crippen LogP) is 2.41. The highest BCUT2D eigenvalue weighted by Crippen LogP contribution is 2.43. The van der Waals surface area contributed by atoms with E-state index in [-0.39, 0.29) is 0 Å². The first-order valence-electron chi connectivity index (χ1n) is 5.27. The maximum atomic E-state index is 3.66. The molecule has 2 heteroatoms. The first kappa shape index (κ1) is 8.89. The smallest absolute Gasteiger partial charge is 0.00881 e. The lowest BCUT2D eigenvalue weighted by molar-refractivity contribution is 0.456. The maximum Gasteiger partial charge on any atom is 0.00881 e. The molecule has 70 valence electrons. The molecule has 0 saturated carbocycles. The van der Waals surface area contributed by atoms with Gasteiger partial charge in [-0.25, -0.2) is 0 Å². The van der Waals surface area contributed by atoms with Crippen molar-refractivity contribution < 1.29 is 0 Å². The van der Waals surface area contributed by atoms with E-state index in [9.17, 15) is 0 Å². The van der Waals surface area contributed by atoms with E-state index in [1.54, 1.807) is 0 Å². The first-order valence-corrected chi connectivity index (χ1v) is 6.21. The van der Waals surface area contributed by atoms with Gasteiger partial charge in [-0.15, -0.1) is 0 Å². The Labute approximate surface area is 79.7 Å². The van der Waals surface area contributed by atoms with Crippen molar-refractivity contribution in [3.05, 3.63) is 0 Å². The van der Waals surface area contributed by atoms with Crippen LogP contribution in [0.3, 0.4) is 0 Å². The molecular formula is C10H19NS. The Kier molecular flexibility index (Phi) is 2.97. The topological polar surface area (TPSA) is 12.0 Å². The van der Waals surface area contributed by atoms with Gasteiger partial charge in [0, 0.05) is 16.5 Å². The highest BCUT2D eigenvalue weighted by molar-refractivity contribution is 8.00. The fourth-order valence-electron chi connectivity index (χ4n) is 2.37. The van der Waals surface area contributed by atoms with E-state index in [2.05, 4.69) is 24.0 Å². The lowest BCUT2D eigenvalue weighted by Gasteiger charge is -2.28. The van der Waals surface area contributed by atoms with Crippen molar-refractivity contribution in [3.8, 4) is 0 Å². The van der Waals surface area contributed by atoms with Gasteiger partial charge < -0.3 is 5.32 Å². The molecule has 2 aliphatic rings. The molecular weight excluding hydrogens is 166 g/mol. The van der Waals surface area contributed by atoms with E-state index in [1.807, 2.05) is 0 Å². The van der Waals surface area contributed by atoms with Gasteiger partial charge in [-0.3, -0.25) is 0 Å². The van der Waals surface area contributed by atoms with Gasteiger partial charge in [0.15, 0.2) is 0 Å². The average Bonchev–Trinajstić information content (AvgIpc) is 2.42. The molecule has 2 heterocycles. The Morgan fingerprint density at radius 1 is 1.25 bits per heavy atom. The molecule has 2 rings (SSSR count). The molecule has 0 spiro atoms. The van der Waals surface area contributed by atoms with Crippen molar-refractivity contribution in [2.45, 2.75) is 55.6 Å². The molecule has 1 nitrogen and oxygen atoms in total. The number of rotatable bonds is 3. The second kappa shape index (κ2) is 4.01. The minimum atomic E-state index is 0.851. The molecule has 0 aromatic rings. The fraction of sp³-hybridized carbons (Fsp3) is 1.00. The standard InChI is InChI=1S/C10H19NS/c1-2-5-11-8-6-9-3-4-10(7-8)12-9/h8-11H,2-7H2,1H3. The van der Waals surface area contributed by atoms with Gasteiger partial charge in [-0.1, -0.05) is 6.92 Å². The molecule has 1 N–H and O–H groups in total. The minimum Gasteiger partial charge on any atom is -0.314 e. The zero-order valence-corrected chi connectivity index (χ0v) is 8.70. The number of thioether (sulfide) groups is 1. The summed E-state index contributed by atoms with van der Waals surface area (Å²) >= 11 is 2.25. The van der Waals surface area contributed by atoms with Gasteiger partial charge >= 0.3 is 0 Å². The molecule has 2 saturated heterocycles. The van der Waals surface area contributed by atoms with Crippen molar-refractivity contribution in [1.82, 2.24) is 5.32 Å². The van der Waals surface area contributed by atoms with Crippen LogP contribution < -0.4 is 5.32 Å². The van der Waals surface area contributed by atoms with Gasteiger partial charge in [0.2, 0.25) is 0 Å². The summed E-state index contributed by atoms with van der Waals surface area (Å²) < 4.78 is 0. The number of hydrogen-bond donors (Lipinski definition) is 1. The summed E-state index contributed by atoms with van der Waals surface area (Å²) in [5.41, 5.74) is 0. The van der Waals surface area contributed by atoms with E-state index in [0.29, 0.717) is 0 Å². The van der Waals surface area contributed by atoms with Crippen LogP contribution in [-0.2, 0) is 0 Å². The van der Waals surface area contributed by atoms with Crippen LogP contribution in [0.25, 0.3) is 0 Å². The molecule has 2 atom stereocenters. The largest absolute Gasteiger partial charge is 0.314 e. The van der Waals surface area contributed by atoms with Gasteiger partial charge in [0.1, 0.15) is 0 Å². The molecule has 0 amide bonds. The Balaban J connectivity index is 1.78. The third-order valence-corrected chi connectivity index (χ3v) is 4.60. The lowest BCUT2D eigenvalue weighted by Crippen LogP contribution is -2.36. The Hall–Kier alpha value is 0.310. The van der Waals surface area contributed by atoms with Crippen LogP contribution >= 0.6 is 11.8 Å². The summed E-state index contributed by atoms with van der Waals surface area (Å²) in [4.78, 5) is 0. The molecule has 2 bridgehead atoms. The zero-order chi connectivity index (χ0) is 8.39. The van der Waals surface area contributed by atoms with Crippen molar-refractivity contribution >= 4 is 11.8 Å². The fourth-order valence-corrected chi connectivity index (χ4v) is 4.15. The molecule has 2 fully saturated rings. The molecule has 12 heavy (non-hydrogen) atoms. The zero-order valence-electron chi connectivity index (χ0n) is 7.88. The van der Waals surface area contributed by atoms with Crippen LogP contribution in [0.2, 0.25) is 0 Å². The molecule has 0 aliphatic carbocycles. The summed E-state index contributed by atoms with van der Waals surface area (Å²) in [6, 6.07) is 0.851. The Bertz CT molecular complexity index is 137. The lowest BCUT2D eigenvalue weighted by atomic mass is 10.1. The molecule has 2 unspecified atom stereocenters. The van der Waals surface area contributed by atoms with E-state index in [0.717, 1.165) is 16.5 Å². The molecule has 0 radical (unpaired) electrons. The number of hydrogen-bond acceptors (Lipinski definition) is 2. The van der Waals surface area contributed by atoms with Crippen molar-refractivity contribution in [2.75, 3.05) is 6.54 Å². The van der Waals surface area contributed by atoms with Crippen LogP contribution in [0.4, 0.5) is 0 Å².